The second-order valence-electron chi connectivity index (χ2n) is 10.3. The van der Waals surface area contributed by atoms with Gasteiger partial charge in [-0.2, -0.15) is 5.10 Å². The molecule has 0 saturated heterocycles. The Labute approximate surface area is 228 Å². The number of imidazole rings is 1. The van der Waals surface area contributed by atoms with Crippen LogP contribution in [0.3, 0.4) is 0 Å². The maximum atomic E-state index is 16.1. The van der Waals surface area contributed by atoms with E-state index in [1.807, 2.05) is 12.1 Å². The van der Waals surface area contributed by atoms with Crippen LogP contribution in [0.5, 0.6) is 0 Å². The van der Waals surface area contributed by atoms with Crippen LogP contribution in [0.15, 0.2) is 61.2 Å². The normalized spacial score (nSPS) is 14.1. The number of aromatic nitrogens is 7. The van der Waals surface area contributed by atoms with Gasteiger partial charge in [-0.3, -0.25) is 15.1 Å². The molecule has 0 aliphatic heterocycles. The van der Waals surface area contributed by atoms with Gasteiger partial charge in [0.2, 0.25) is 0 Å². The smallest absolute Gasteiger partial charge is 0.178 e. The monoisotopic (exact) mass is 536 g/mol. The largest absolute Gasteiger partial charge is 0.335 e. The average Bonchev–Trinajstić information content (AvgIpc) is 3.73. The Kier molecular flexibility index (Phi) is 6.24. The van der Waals surface area contributed by atoms with Crippen molar-refractivity contribution in [3.63, 3.8) is 0 Å². The van der Waals surface area contributed by atoms with Gasteiger partial charge in [0.15, 0.2) is 17.3 Å². The lowest BCUT2D eigenvalue weighted by atomic mass is 10.1. The van der Waals surface area contributed by atoms with Gasteiger partial charge in [-0.25, -0.2) is 18.7 Å². The third-order valence-corrected chi connectivity index (χ3v) is 7.60. The highest BCUT2D eigenvalue weighted by molar-refractivity contribution is 5.97. The lowest BCUT2D eigenvalue weighted by Gasteiger charge is -2.11. The molecule has 200 valence electrons. The zero-order valence-electron chi connectivity index (χ0n) is 21.6. The van der Waals surface area contributed by atoms with Gasteiger partial charge in [-0.1, -0.05) is 25.0 Å². The molecule has 5 aromatic heterocycles. The minimum atomic E-state index is -0.516. The molecule has 8 nitrogen and oxygen atoms in total. The Bertz CT molecular complexity index is 1840. The van der Waals surface area contributed by atoms with Crippen LogP contribution in [0, 0.1) is 17.6 Å². The summed E-state index contributed by atoms with van der Waals surface area (Å²) in [6, 6.07) is 10.0. The number of rotatable bonds is 7. The molecule has 40 heavy (non-hydrogen) atoms. The summed E-state index contributed by atoms with van der Waals surface area (Å²) >= 11 is 0. The molecule has 0 unspecified atom stereocenters. The van der Waals surface area contributed by atoms with E-state index in [0.717, 1.165) is 23.6 Å². The van der Waals surface area contributed by atoms with Crippen molar-refractivity contribution in [2.75, 3.05) is 6.54 Å². The number of aromatic amines is 2. The molecule has 0 bridgehead atoms. The predicted molar refractivity (Wildman–Crippen MR) is 149 cm³/mol. The number of halogens is 2. The molecule has 0 radical (unpaired) electrons. The maximum Gasteiger partial charge on any atom is 0.178 e. The minimum Gasteiger partial charge on any atom is -0.335 e. The van der Waals surface area contributed by atoms with Gasteiger partial charge in [0.25, 0.3) is 0 Å². The summed E-state index contributed by atoms with van der Waals surface area (Å²) in [5.41, 5.74) is 4.94. The van der Waals surface area contributed by atoms with Crippen molar-refractivity contribution in [1.82, 2.24) is 40.4 Å². The number of hydrogen-bond donors (Lipinski definition) is 3. The van der Waals surface area contributed by atoms with Crippen molar-refractivity contribution in [2.45, 2.75) is 32.2 Å². The van der Waals surface area contributed by atoms with E-state index in [1.54, 1.807) is 36.9 Å². The second-order valence-corrected chi connectivity index (χ2v) is 10.3. The SMILES string of the molecule is Fc1cccc(-c2ccnc3nc(-c4n[nH]c5cnc(-c6cncc(CNCC7CCCC7)c6)c(F)c45)[nH]c23)c1. The molecule has 1 fully saturated rings. The van der Waals surface area contributed by atoms with Crippen LogP contribution in [0.4, 0.5) is 8.78 Å². The van der Waals surface area contributed by atoms with Crippen molar-refractivity contribution in [2.24, 2.45) is 5.92 Å². The fraction of sp³-hybridized carbons (Fsp3) is 0.233. The van der Waals surface area contributed by atoms with Crippen molar-refractivity contribution in [3.05, 3.63) is 78.4 Å². The summed E-state index contributed by atoms with van der Waals surface area (Å²) in [6.45, 7) is 1.65. The third-order valence-electron chi connectivity index (χ3n) is 7.60. The first-order valence-corrected chi connectivity index (χ1v) is 13.4. The van der Waals surface area contributed by atoms with E-state index in [-0.39, 0.29) is 16.9 Å². The van der Waals surface area contributed by atoms with Crippen molar-refractivity contribution in [1.29, 1.82) is 0 Å². The van der Waals surface area contributed by atoms with Gasteiger partial charge >= 0.3 is 0 Å². The summed E-state index contributed by atoms with van der Waals surface area (Å²) in [5.74, 6) is 0.218. The van der Waals surface area contributed by atoms with E-state index in [0.29, 0.717) is 45.9 Å². The first-order chi connectivity index (χ1) is 19.6. The molecule has 3 N–H and O–H groups in total. The second kappa shape index (κ2) is 10.2. The number of hydrogen-bond acceptors (Lipinski definition) is 6. The van der Waals surface area contributed by atoms with Crippen molar-refractivity contribution >= 4 is 22.1 Å². The molecule has 1 aliphatic carbocycles. The first kappa shape index (κ1) is 24.5. The number of fused-ring (bicyclic) bond motifs is 2. The number of nitrogens with one attached hydrogen (secondary N) is 3. The zero-order chi connectivity index (χ0) is 27.1. The molecule has 1 saturated carbocycles. The Balaban J connectivity index is 1.24. The minimum absolute atomic E-state index is 0.190. The average molecular weight is 537 g/mol. The van der Waals surface area contributed by atoms with E-state index in [4.69, 9.17) is 0 Å². The van der Waals surface area contributed by atoms with Gasteiger partial charge in [0.05, 0.1) is 22.6 Å². The zero-order valence-corrected chi connectivity index (χ0v) is 21.6. The number of H-pyrrole nitrogens is 2. The van der Waals surface area contributed by atoms with Gasteiger partial charge in [-0.15, -0.1) is 0 Å². The maximum absolute atomic E-state index is 16.1. The molecule has 6 aromatic rings. The van der Waals surface area contributed by atoms with E-state index in [9.17, 15) is 4.39 Å². The summed E-state index contributed by atoms with van der Waals surface area (Å²) in [4.78, 5) is 20.9. The van der Waals surface area contributed by atoms with E-state index >= 15 is 4.39 Å². The Morgan fingerprint density at radius 3 is 2.73 bits per heavy atom. The van der Waals surface area contributed by atoms with Crippen LogP contribution in [-0.4, -0.2) is 41.7 Å². The fourth-order valence-electron chi connectivity index (χ4n) is 5.62. The van der Waals surface area contributed by atoms with Crippen molar-refractivity contribution in [3.8, 4) is 33.9 Å². The molecular weight excluding hydrogens is 510 g/mol. The quantitative estimate of drug-likeness (QED) is 0.225. The third kappa shape index (κ3) is 4.50. The highest BCUT2D eigenvalue weighted by atomic mass is 19.1. The van der Waals surface area contributed by atoms with Crippen LogP contribution in [0.25, 0.3) is 56.0 Å². The lowest BCUT2D eigenvalue weighted by Crippen LogP contribution is -2.20. The van der Waals surface area contributed by atoms with Gasteiger partial charge < -0.3 is 10.3 Å². The fourth-order valence-corrected chi connectivity index (χ4v) is 5.62. The summed E-state index contributed by atoms with van der Waals surface area (Å²) in [7, 11) is 0. The molecular formula is C30H26F2N8. The summed E-state index contributed by atoms with van der Waals surface area (Å²) in [5, 5.41) is 11.0. The molecule has 10 heteroatoms. The van der Waals surface area contributed by atoms with Crippen LogP contribution in [-0.2, 0) is 6.54 Å². The summed E-state index contributed by atoms with van der Waals surface area (Å²) < 4.78 is 30.0. The van der Waals surface area contributed by atoms with Crippen LogP contribution >= 0.6 is 0 Å². The number of benzene rings is 1. The molecule has 0 atom stereocenters. The molecule has 0 spiro atoms. The molecule has 5 heterocycles. The van der Waals surface area contributed by atoms with Crippen LogP contribution in [0.2, 0.25) is 0 Å². The highest BCUT2D eigenvalue weighted by Crippen LogP contribution is 2.34. The molecule has 1 aromatic carbocycles. The number of pyridine rings is 3. The lowest BCUT2D eigenvalue weighted by molar-refractivity contribution is 0.489. The Morgan fingerprint density at radius 2 is 1.85 bits per heavy atom. The predicted octanol–water partition coefficient (Wildman–Crippen LogP) is 6.18. The highest BCUT2D eigenvalue weighted by Gasteiger charge is 2.22. The standard InChI is InChI=1S/C30H26F2N8/c31-21-7-3-6-19(11-21)22-8-9-35-29-27(22)37-30(38-29)28-24-23(39-40-28)16-36-26(25(24)32)20-10-18(14-34-15-20)13-33-12-17-4-1-2-5-17/h3,6-11,14-17,33H,1-2,4-5,12-13H2,(H,39,40)(H,35,37,38). The molecule has 7 rings (SSSR count). The molecule has 1 aliphatic rings. The van der Waals surface area contributed by atoms with Crippen molar-refractivity contribution < 1.29 is 8.78 Å². The van der Waals surface area contributed by atoms with Gasteiger partial charge in [-0.05, 0) is 60.7 Å². The molecule has 0 amide bonds. The van der Waals surface area contributed by atoms with E-state index in [2.05, 4.69) is 40.4 Å². The first-order valence-electron chi connectivity index (χ1n) is 13.4. The summed E-state index contributed by atoms with van der Waals surface area (Å²) in [6.07, 6.45) is 11.8. The topological polar surface area (TPSA) is 108 Å². The number of nitrogens with zero attached hydrogens (tertiary/aromatic N) is 5. The van der Waals surface area contributed by atoms with E-state index in [1.165, 1.54) is 37.8 Å². The Morgan fingerprint density at radius 1 is 0.950 bits per heavy atom. The van der Waals surface area contributed by atoms with Crippen LogP contribution in [0.1, 0.15) is 31.2 Å². The van der Waals surface area contributed by atoms with E-state index < -0.39 is 5.82 Å². The van der Waals surface area contributed by atoms with Crippen LogP contribution < -0.4 is 5.32 Å². The Hall–Kier alpha value is -4.57. The van der Waals surface area contributed by atoms with Gasteiger partial charge in [0.1, 0.15) is 17.2 Å². The van der Waals surface area contributed by atoms with Gasteiger partial charge in [0, 0.05) is 36.3 Å².